The van der Waals surface area contributed by atoms with Crippen molar-refractivity contribution in [2.45, 2.75) is 30.6 Å². The molecule has 0 radical (unpaired) electrons. The van der Waals surface area contributed by atoms with Crippen LogP contribution in [-0.4, -0.2) is 53.6 Å². The summed E-state index contributed by atoms with van der Waals surface area (Å²) in [6.45, 7) is 7.73. The molecule has 0 amide bonds. The molecule has 152 valence electrons. The molecule has 0 N–H and O–H groups in total. The molecule has 0 aromatic heterocycles. The highest BCUT2D eigenvalue weighted by molar-refractivity contribution is 7.91. The lowest BCUT2D eigenvalue weighted by molar-refractivity contribution is 0.384. The molecule has 0 spiro atoms. The van der Waals surface area contributed by atoms with Crippen LogP contribution in [0.25, 0.3) is 0 Å². The molecule has 8 heteroatoms. The molecule has 0 aliphatic carbocycles. The van der Waals surface area contributed by atoms with Gasteiger partial charge in [0.05, 0.1) is 9.79 Å². The number of nitrogens with zero attached hydrogens (tertiary/aromatic N) is 2. The van der Waals surface area contributed by atoms with Crippen LogP contribution in [0, 0.1) is 20.8 Å². The van der Waals surface area contributed by atoms with Crippen molar-refractivity contribution in [3.05, 3.63) is 53.1 Å². The van der Waals surface area contributed by atoms with E-state index in [1.165, 1.54) is 27.6 Å². The number of aryl methyl sites for hydroxylation is 2. The smallest absolute Gasteiger partial charge is 0.243 e. The van der Waals surface area contributed by atoms with E-state index in [0.29, 0.717) is 31.7 Å². The molecule has 0 bridgehead atoms. The SMILES string of the molecule is Cc1ccc(S(C)(=O)=O)cc1S(=O)(=O)N1CCN(c2cccc(C)c2C)CC1. The third-order valence-electron chi connectivity index (χ3n) is 5.36. The summed E-state index contributed by atoms with van der Waals surface area (Å²) in [6, 6.07) is 10.4. The first-order valence-corrected chi connectivity index (χ1v) is 12.5. The van der Waals surface area contributed by atoms with Crippen molar-refractivity contribution >= 4 is 25.5 Å². The largest absolute Gasteiger partial charge is 0.369 e. The first-order valence-electron chi connectivity index (χ1n) is 9.14. The maximum atomic E-state index is 13.2. The second-order valence-corrected chi connectivity index (χ2v) is 11.2. The van der Waals surface area contributed by atoms with Crippen molar-refractivity contribution in [3.63, 3.8) is 0 Å². The standard InChI is InChI=1S/C20H26N2O4S2/c1-15-6-5-7-19(17(15)3)21-10-12-22(13-11-21)28(25,26)20-14-18(27(4,23)24)9-8-16(20)2/h5-9,14H,10-13H2,1-4H3. The van der Waals surface area contributed by atoms with Crippen molar-refractivity contribution < 1.29 is 16.8 Å². The van der Waals surface area contributed by atoms with Gasteiger partial charge < -0.3 is 4.90 Å². The number of sulfonamides is 1. The Labute approximate surface area is 167 Å². The average molecular weight is 423 g/mol. The maximum Gasteiger partial charge on any atom is 0.243 e. The van der Waals surface area contributed by atoms with E-state index in [4.69, 9.17) is 0 Å². The van der Waals surface area contributed by atoms with Crippen molar-refractivity contribution in [3.8, 4) is 0 Å². The van der Waals surface area contributed by atoms with Crippen molar-refractivity contribution in [1.82, 2.24) is 4.31 Å². The zero-order valence-electron chi connectivity index (χ0n) is 16.6. The maximum absolute atomic E-state index is 13.2. The van der Waals surface area contributed by atoms with Gasteiger partial charge in [0.15, 0.2) is 9.84 Å². The number of sulfone groups is 1. The molecule has 1 aliphatic heterocycles. The van der Waals surface area contributed by atoms with Crippen LogP contribution >= 0.6 is 0 Å². The van der Waals surface area contributed by atoms with Crippen molar-refractivity contribution in [2.24, 2.45) is 0 Å². The lowest BCUT2D eigenvalue weighted by atomic mass is 10.1. The van der Waals surface area contributed by atoms with E-state index in [9.17, 15) is 16.8 Å². The highest BCUT2D eigenvalue weighted by atomic mass is 32.2. The van der Waals surface area contributed by atoms with Crippen LogP contribution in [0.2, 0.25) is 0 Å². The second kappa shape index (κ2) is 7.50. The van der Waals surface area contributed by atoms with Gasteiger partial charge in [-0.3, -0.25) is 0 Å². The zero-order valence-corrected chi connectivity index (χ0v) is 18.3. The Morgan fingerprint density at radius 1 is 0.821 bits per heavy atom. The Hall–Kier alpha value is -1.90. The van der Waals surface area contributed by atoms with Crippen LogP contribution in [0.4, 0.5) is 5.69 Å². The fraction of sp³-hybridized carbons (Fsp3) is 0.400. The molecule has 0 saturated carbocycles. The highest BCUT2D eigenvalue weighted by Gasteiger charge is 2.30. The second-order valence-electron chi connectivity index (χ2n) is 7.31. The molecule has 1 fully saturated rings. The lowest BCUT2D eigenvalue weighted by Gasteiger charge is -2.36. The van der Waals surface area contributed by atoms with Gasteiger partial charge in [-0.25, -0.2) is 16.8 Å². The first-order chi connectivity index (χ1) is 13.0. The number of piperazine rings is 1. The summed E-state index contributed by atoms with van der Waals surface area (Å²) in [6.07, 6.45) is 1.08. The highest BCUT2D eigenvalue weighted by Crippen LogP contribution is 2.27. The predicted molar refractivity (Wildman–Crippen MR) is 111 cm³/mol. The van der Waals surface area contributed by atoms with Crippen LogP contribution in [0.1, 0.15) is 16.7 Å². The minimum absolute atomic E-state index is 0.0192. The minimum Gasteiger partial charge on any atom is -0.369 e. The van der Waals surface area contributed by atoms with Gasteiger partial charge in [0.2, 0.25) is 10.0 Å². The van der Waals surface area contributed by atoms with Crippen LogP contribution in [-0.2, 0) is 19.9 Å². The van der Waals surface area contributed by atoms with Gasteiger partial charge in [0.1, 0.15) is 0 Å². The molecule has 6 nitrogen and oxygen atoms in total. The molecule has 1 heterocycles. The number of anilines is 1. The van der Waals surface area contributed by atoms with Gasteiger partial charge in [-0.05, 0) is 55.7 Å². The number of rotatable bonds is 4. The summed E-state index contributed by atoms with van der Waals surface area (Å²) in [7, 11) is -7.24. The molecular formula is C20H26N2O4S2. The summed E-state index contributed by atoms with van der Waals surface area (Å²) in [5, 5.41) is 0. The van der Waals surface area contributed by atoms with Gasteiger partial charge >= 0.3 is 0 Å². The summed E-state index contributed by atoms with van der Waals surface area (Å²) in [5.74, 6) is 0. The van der Waals surface area contributed by atoms with Gasteiger partial charge in [-0.15, -0.1) is 0 Å². The van der Waals surface area contributed by atoms with Gasteiger partial charge in [0, 0.05) is 38.1 Å². The summed E-state index contributed by atoms with van der Waals surface area (Å²) in [5.41, 5.74) is 4.09. The topological polar surface area (TPSA) is 74.8 Å². The predicted octanol–water partition coefficient (Wildman–Crippen LogP) is 2.53. The van der Waals surface area contributed by atoms with Crippen LogP contribution < -0.4 is 4.90 Å². The van der Waals surface area contributed by atoms with E-state index in [0.717, 1.165) is 11.9 Å². The van der Waals surface area contributed by atoms with Crippen LogP contribution in [0.3, 0.4) is 0 Å². The number of hydrogen-bond acceptors (Lipinski definition) is 5. The Balaban J connectivity index is 1.85. The van der Waals surface area contributed by atoms with Gasteiger partial charge in [0.25, 0.3) is 0 Å². The van der Waals surface area contributed by atoms with E-state index >= 15 is 0 Å². The summed E-state index contributed by atoms with van der Waals surface area (Å²) < 4.78 is 51.5. The normalized spacial score (nSPS) is 16.4. The van der Waals surface area contributed by atoms with E-state index in [1.54, 1.807) is 13.0 Å². The summed E-state index contributed by atoms with van der Waals surface area (Å²) >= 11 is 0. The monoisotopic (exact) mass is 422 g/mol. The fourth-order valence-electron chi connectivity index (χ4n) is 3.48. The molecule has 1 aliphatic rings. The van der Waals surface area contributed by atoms with E-state index in [1.807, 2.05) is 6.07 Å². The Morgan fingerprint density at radius 3 is 2.07 bits per heavy atom. The Bertz CT molecular complexity index is 1100. The third kappa shape index (κ3) is 3.94. The zero-order chi connectivity index (χ0) is 20.7. The molecule has 1 saturated heterocycles. The molecule has 0 unspecified atom stereocenters. The van der Waals surface area contributed by atoms with Crippen molar-refractivity contribution in [1.29, 1.82) is 0 Å². The molecule has 0 atom stereocenters. The van der Waals surface area contributed by atoms with E-state index < -0.39 is 19.9 Å². The Kier molecular flexibility index (Phi) is 5.58. The molecule has 3 rings (SSSR count). The van der Waals surface area contributed by atoms with Gasteiger partial charge in [-0.1, -0.05) is 18.2 Å². The van der Waals surface area contributed by atoms with Gasteiger partial charge in [-0.2, -0.15) is 4.31 Å². The molecular weight excluding hydrogens is 396 g/mol. The third-order valence-corrected chi connectivity index (χ3v) is 8.51. The Morgan fingerprint density at radius 2 is 1.46 bits per heavy atom. The average Bonchev–Trinajstić information content (AvgIpc) is 2.63. The molecule has 2 aromatic carbocycles. The molecule has 28 heavy (non-hydrogen) atoms. The first kappa shape index (κ1) is 20.8. The van der Waals surface area contributed by atoms with E-state index in [-0.39, 0.29) is 9.79 Å². The van der Waals surface area contributed by atoms with Crippen molar-refractivity contribution in [2.75, 3.05) is 37.3 Å². The minimum atomic E-state index is -3.76. The molecule has 2 aromatic rings. The summed E-state index contributed by atoms with van der Waals surface area (Å²) in [4.78, 5) is 2.29. The number of hydrogen-bond donors (Lipinski definition) is 0. The number of benzene rings is 2. The van der Waals surface area contributed by atoms with E-state index in [2.05, 4.69) is 30.9 Å². The quantitative estimate of drug-likeness (QED) is 0.757. The lowest BCUT2D eigenvalue weighted by Crippen LogP contribution is -2.49. The van der Waals surface area contributed by atoms with Crippen LogP contribution in [0.5, 0.6) is 0 Å². The van der Waals surface area contributed by atoms with Crippen LogP contribution in [0.15, 0.2) is 46.2 Å². The fourth-order valence-corrected chi connectivity index (χ4v) is 5.87.